The molecule has 2 N–H and O–H groups in total. The summed E-state index contributed by atoms with van der Waals surface area (Å²) in [4.78, 5) is 66.4. The van der Waals surface area contributed by atoms with Gasteiger partial charge in [-0.25, -0.2) is 0 Å². The third-order valence-electron chi connectivity index (χ3n) is 11.3. The highest BCUT2D eigenvalue weighted by Gasteiger charge is 2.35. The second-order valence-electron chi connectivity index (χ2n) is 14.8. The van der Waals surface area contributed by atoms with Crippen molar-refractivity contribution < 1.29 is 19.2 Å². The van der Waals surface area contributed by atoms with Crippen LogP contribution in [0.15, 0.2) is 60.7 Å². The van der Waals surface area contributed by atoms with E-state index in [0.717, 1.165) is 91.7 Å². The number of hydrogen-bond acceptors (Lipinski definition) is 10. The zero-order valence-corrected chi connectivity index (χ0v) is 30.7. The summed E-state index contributed by atoms with van der Waals surface area (Å²) in [7, 11) is 4.24. The first-order chi connectivity index (χ1) is 25.8. The van der Waals surface area contributed by atoms with E-state index in [0.29, 0.717) is 48.4 Å². The molecule has 0 saturated carbocycles. The fourth-order valence-corrected chi connectivity index (χ4v) is 8.15. The molecule has 4 amide bonds. The van der Waals surface area contributed by atoms with Gasteiger partial charge in [0, 0.05) is 112 Å². The van der Waals surface area contributed by atoms with Gasteiger partial charge in [0.15, 0.2) is 0 Å². The van der Waals surface area contributed by atoms with Crippen molar-refractivity contribution in [1.29, 1.82) is 0 Å². The molecule has 53 heavy (non-hydrogen) atoms. The number of rotatable bonds is 12. The summed E-state index contributed by atoms with van der Waals surface area (Å²) in [6, 6.07) is 19.5. The van der Waals surface area contributed by atoms with Gasteiger partial charge in [0.2, 0.25) is 0 Å². The van der Waals surface area contributed by atoms with Gasteiger partial charge in [0.1, 0.15) is 0 Å². The van der Waals surface area contributed by atoms with Crippen LogP contribution in [0, 0.1) is 0 Å². The summed E-state index contributed by atoms with van der Waals surface area (Å²) < 4.78 is 0. The summed E-state index contributed by atoms with van der Waals surface area (Å²) in [6.45, 7) is 10.4. The van der Waals surface area contributed by atoms with Crippen molar-refractivity contribution >= 4 is 56.5 Å². The lowest BCUT2D eigenvalue weighted by Crippen LogP contribution is -2.45. The SMILES string of the molecule is CN1CCN(c2cc3c4c(cccc4c2)C(=O)N(CCNCCCNCCN2C(=O)c4cccc5cc(N6CCN(C)CC6)cc(c45)C2=O)C3=O)CC1. The van der Waals surface area contributed by atoms with Gasteiger partial charge in [-0.15, -0.1) is 0 Å². The number of amides is 4. The molecule has 12 nitrogen and oxygen atoms in total. The van der Waals surface area contributed by atoms with Gasteiger partial charge in [-0.3, -0.25) is 29.0 Å². The molecule has 4 aliphatic rings. The number of nitrogens with one attached hydrogen (secondary N) is 2. The molecule has 4 aromatic rings. The number of carbonyl (C=O) groups is 4. The number of piperazine rings is 2. The summed E-state index contributed by atoms with van der Waals surface area (Å²) >= 11 is 0. The van der Waals surface area contributed by atoms with E-state index in [9.17, 15) is 19.2 Å². The molecule has 0 bridgehead atoms. The Bertz CT molecular complexity index is 1940. The fraction of sp³-hybridized carbons (Fsp3) is 0.415. The van der Waals surface area contributed by atoms with E-state index in [4.69, 9.17) is 0 Å². The number of hydrogen-bond donors (Lipinski definition) is 2. The third-order valence-corrected chi connectivity index (χ3v) is 11.3. The van der Waals surface area contributed by atoms with Crippen molar-refractivity contribution in [1.82, 2.24) is 30.2 Å². The molecular weight excluding hydrogens is 669 g/mol. The summed E-state index contributed by atoms with van der Waals surface area (Å²) in [6.07, 6.45) is 0.802. The molecule has 8 rings (SSSR count). The van der Waals surface area contributed by atoms with Gasteiger partial charge in [-0.1, -0.05) is 24.3 Å². The molecule has 0 aliphatic carbocycles. The predicted octanol–water partition coefficient (Wildman–Crippen LogP) is 2.96. The molecule has 4 aromatic carbocycles. The van der Waals surface area contributed by atoms with E-state index in [1.807, 2.05) is 48.5 Å². The molecule has 2 saturated heterocycles. The van der Waals surface area contributed by atoms with Crippen LogP contribution in [0.2, 0.25) is 0 Å². The minimum atomic E-state index is -0.250. The summed E-state index contributed by atoms with van der Waals surface area (Å²) in [5.41, 5.74) is 4.39. The Balaban J connectivity index is 0.817. The van der Waals surface area contributed by atoms with Crippen LogP contribution in [0.5, 0.6) is 0 Å². The number of carbonyl (C=O) groups excluding carboxylic acids is 4. The molecular formula is C41H48N8O4. The maximum atomic E-state index is 13.7. The molecule has 0 unspecified atom stereocenters. The second-order valence-corrected chi connectivity index (χ2v) is 14.8. The molecule has 0 spiro atoms. The zero-order valence-electron chi connectivity index (χ0n) is 30.7. The molecule has 2 fully saturated rings. The van der Waals surface area contributed by atoms with Gasteiger partial charge in [-0.05, 0) is 80.8 Å². The zero-order chi connectivity index (χ0) is 36.6. The first-order valence-corrected chi connectivity index (χ1v) is 18.9. The summed E-state index contributed by atoms with van der Waals surface area (Å²) in [5.74, 6) is -0.982. The molecule has 12 heteroatoms. The standard InChI is InChI=1S/C41H48N8O4/c1-44-16-20-46(21-17-44)30-24-28-6-3-8-32-36(28)34(26-30)40(52)48(38(32)50)14-12-42-10-5-11-43-13-15-49-39(51)33-9-4-7-29-25-31(27-35(37(29)33)41(49)53)47-22-18-45(2)19-23-47/h3-4,6-9,24-27,42-43H,5,10-23H2,1-2H3. The van der Waals surface area contributed by atoms with Crippen molar-refractivity contribution in [3.63, 3.8) is 0 Å². The van der Waals surface area contributed by atoms with E-state index in [2.05, 4.69) is 56.5 Å². The maximum absolute atomic E-state index is 13.7. The average Bonchev–Trinajstić information content (AvgIpc) is 3.17. The molecule has 0 atom stereocenters. The minimum Gasteiger partial charge on any atom is -0.369 e. The van der Waals surface area contributed by atoms with E-state index in [1.54, 1.807) is 0 Å². The largest absolute Gasteiger partial charge is 0.369 e. The second kappa shape index (κ2) is 14.9. The fourth-order valence-electron chi connectivity index (χ4n) is 8.15. The van der Waals surface area contributed by atoms with E-state index < -0.39 is 0 Å². The number of benzene rings is 4. The molecule has 0 aromatic heterocycles. The number of likely N-dealkylation sites (N-methyl/N-ethyl adjacent to an activating group) is 2. The average molecular weight is 717 g/mol. The van der Waals surface area contributed by atoms with Crippen molar-refractivity contribution in [3.8, 4) is 0 Å². The Hall–Kier alpha value is -4.88. The lowest BCUT2D eigenvalue weighted by molar-refractivity contribution is 0.0597. The number of nitrogens with zero attached hydrogens (tertiary/aromatic N) is 6. The van der Waals surface area contributed by atoms with Crippen LogP contribution in [0.3, 0.4) is 0 Å². The van der Waals surface area contributed by atoms with Crippen LogP contribution in [-0.4, -0.2) is 149 Å². The van der Waals surface area contributed by atoms with Gasteiger partial charge in [0.05, 0.1) is 11.1 Å². The first kappa shape index (κ1) is 35.2. The lowest BCUT2D eigenvalue weighted by Gasteiger charge is -2.35. The van der Waals surface area contributed by atoms with Crippen LogP contribution in [0.1, 0.15) is 47.9 Å². The minimum absolute atomic E-state index is 0.241. The lowest BCUT2D eigenvalue weighted by atomic mass is 9.93. The Morgan fingerprint density at radius 2 is 0.887 bits per heavy atom. The smallest absolute Gasteiger partial charge is 0.261 e. The Morgan fingerprint density at radius 1 is 0.491 bits per heavy atom. The van der Waals surface area contributed by atoms with Gasteiger partial charge >= 0.3 is 0 Å². The van der Waals surface area contributed by atoms with Crippen LogP contribution in [0.25, 0.3) is 21.5 Å². The van der Waals surface area contributed by atoms with Crippen molar-refractivity contribution in [2.45, 2.75) is 6.42 Å². The van der Waals surface area contributed by atoms with E-state index >= 15 is 0 Å². The highest BCUT2D eigenvalue weighted by atomic mass is 16.2. The topological polar surface area (TPSA) is 112 Å². The third kappa shape index (κ3) is 6.76. The number of anilines is 2. The van der Waals surface area contributed by atoms with E-state index in [-0.39, 0.29) is 36.7 Å². The highest BCUT2D eigenvalue weighted by molar-refractivity contribution is 6.27. The summed E-state index contributed by atoms with van der Waals surface area (Å²) in [5, 5.41) is 10.1. The Morgan fingerprint density at radius 3 is 1.30 bits per heavy atom. The molecule has 4 aliphatic heterocycles. The van der Waals surface area contributed by atoms with Crippen LogP contribution >= 0.6 is 0 Å². The van der Waals surface area contributed by atoms with Crippen LogP contribution in [-0.2, 0) is 0 Å². The molecule has 276 valence electrons. The van der Waals surface area contributed by atoms with Gasteiger partial charge < -0.3 is 30.2 Å². The normalized spacial score (nSPS) is 18.3. The van der Waals surface area contributed by atoms with Crippen LogP contribution in [0.4, 0.5) is 11.4 Å². The molecule has 0 radical (unpaired) electrons. The van der Waals surface area contributed by atoms with Gasteiger partial charge in [-0.2, -0.15) is 0 Å². The monoisotopic (exact) mass is 716 g/mol. The Labute approximate surface area is 310 Å². The van der Waals surface area contributed by atoms with E-state index in [1.165, 1.54) is 9.80 Å². The van der Waals surface area contributed by atoms with Crippen molar-refractivity contribution in [2.24, 2.45) is 0 Å². The highest BCUT2D eigenvalue weighted by Crippen LogP contribution is 2.36. The maximum Gasteiger partial charge on any atom is 0.261 e. The van der Waals surface area contributed by atoms with Gasteiger partial charge in [0.25, 0.3) is 23.6 Å². The molecule has 4 heterocycles. The van der Waals surface area contributed by atoms with Crippen molar-refractivity contribution in [3.05, 3.63) is 82.9 Å². The quantitative estimate of drug-likeness (QED) is 0.168. The Kier molecular flexibility index (Phi) is 9.86. The van der Waals surface area contributed by atoms with Crippen molar-refractivity contribution in [2.75, 3.05) is 116 Å². The van der Waals surface area contributed by atoms with Crippen LogP contribution < -0.4 is 20.4 Å². The number of imide groups is 2. The first-order valence-electron chi connectivity index (χ1n) is 18.9. The predicted molar refractivity (Wildman–Crippen MR) is 208 cm³/mol.